The van der Waals surface area contributed by atoms with Crippen molar-refractivity contribution < 1.29 is 13.8 Å². The van der Waals surface area contributed by atoms with Crippen molar-refractivity contribution in [3.63, 3.8) is 0 Å². The van der Waals surface area contributed by atoms with Crippen molar-refractivity contribution >= 4 is 34.2 Å². The van der Waals surface area contributed by atoms with E-state index in [1.54, 1.807) is 36.4 Å². The highest BCUT2D eigenvalue weighted by Crippen LogP contribution is 2.35. The summed E-state index contributed by atoms with van der Waals surface area (Å²) in [4.78, 5) is 23.5. The van der Waals surface area contributed by atoms with E-state index in [9.17, 15) is 13.8 Å². The fourth-order valence-electron chi connectivity index (χ4n) is 2.60. The van der Waals surface area contributed by atoms with Crippen LogP contribution in [-0.4, -0.2) is 16.3 Å². The molecule has 10 heteroatoms. The largest absolute Gasteiger partial charge is 0.350 e. The van der Waals surface area contributed by atoms with E-state index in [2.05, 4.69) is 0 Å². The molecule has 2 aromatic carbocycles. The number of carbonyl (C=O) groups is 2. The van der Waals surface area contributed by atoms with Crippen LogP contribution in [0.5, 0.6) is 0 Å². The number of hydrazine groups is 2. The van der Waals surface area contributed by atoms with E-state index in [0.29, 0.717) is 27.6 Å². The number of urea groups is 2. The number of benzene rings is 2. The van der Waals surface area contributed by atoms with E-state index in [1.807, 2.05) is 0 Å². The second-order valence-electron chi connectivity index (χ2n) is 5.45. The molecule has 0 saturated carbocycles. The smallest absolute Gasteiger partial charge is 0.333 e. The van der Waals surface area contributed by atoms with E-state index < -0.39 is 22.9 Å². The lowest BCUT2D eigenvalue weighted by Crippen LogP contribution is -2.41. The maximum Gasteiger partial charge on any atom is 0.333 e. The SMILES string of the molecule is NC(=O)N(N)c1ccc2c(c1)S(=O)c1cc(N(N)C(N)=O)ccc1C2. The van der Waals surface area contributed by atoms with Crippen LogP contribution < -0.4 is 33.2 Å². The zero-order valence-electron chi connectivity index (χ0n) is 13.0. The van der Waals surface area contributed by atoms with Crippen LogP contribution in [0, 0.1) is 0 Å². The van der Waals surface area contributed by atoms with Crippen LogP contribution in [0.1, 0.15) is 11.1 Å². The van der Waals surface area contributed by atoms with Gasteiger partial charge in [-0.2, -0.15) is 0 Å². The molecule has 0 radical (unpaired) electrons. The lowest BCUT2D eigenvalue weighted by molar-refractivity contribution is 0.253. The van der Waals surface area contributed by atoms with Gasteiger partial charge in [-0.3, -0.25) is 0 Å². The molecule has 2 aromatic rings. The summed E-state index contributed by atoms with van der Waals surface area (Å²) in [6.07, 6.45) is 0.541. The Labute approximate surface area is 145 Å². The molecule has 0 aliphatic carbocycles. The Balaban J connectivity index is 2.04. The molecule has 0 fully saturated rings. The molecule has 0 saturated heterocycles. The molecule has 4 amide bonds. The van der Waals surface area contributed by atoms with Gasteiger partial charge < -0.3 is 11.5 Å². The van der Waals surface area contributed by atoms with Crippen LogP contribution >= 0.6 is 0 Å². The summed E-state index contributed by atoms with van der Waals surface area (Å²) < 4.78 is 13.0. The maximum absolute atomic E-state index is 13.0. The van der Waals surface area contributed by atoms with Gasteiger partial charge in [0.05, 0.1) is 22.2 Å². The number of hydrogen-bond acceptors (Lipinski definition) is 5. The van der Waals surface area contributed by atoms with Crippen molar-refractivity contribution in [1.29, 1.82) is 0 Å². The summed E-state index contributed by atoms with van der Waals surface area (Å²) in [5, 5.41) is 1.55. The molecule has 130 valence electrons. The molecule has 0 unspecified atom stereocenters. The third kappa shape index (κ3) is 2.93. The van der Waals surface area contributed by atoms with Crippen molar-refractivity contribution in [2.75, 3.05) is 10.0 Å². The fraction of sp³-hybridized carbons (Fsp3) is 0.0667. The lowest BCUT2D eigenvalue weighted by Gasteiger charge is -2.23. The molecule has 3 rings (SSSR count). The van der Waals surface area contributed by atoms with Crippen LogP contribution in [0.15, 0.2) is 46.2 Å². The summed E-state index contributed by atoms with van der Waals surface area (Å²) >= 11 is 0. The second-order valence-corrected chi connectivity index (χ2v) is 6.86. The minimum atomic E-state index is -1.54. The predicted octanol–water partition coefficient (Wildman–Crippen LogP) is 0.275. The number of primary amides is 2. The highest BCUT2D eigenvalue weighted by molar-refractivity contribution is 7.85. The number of amides is 4. The molecular formula is C15H16N6O3S. The van der Waals surface area contributed by atoms with Gasteiger partial charge in [0.1, 0.15) is 0 Å². The standard InChI is InChI=1S/C15H16N6O3S/c16-14(22)20(18)10-3-1-8-5-9-2-4-11(21(19)15(17)23)7-13(9)25(24)12(8)6-10/h1-4,6-7H,5,18-19H2,(H2,16,22)(H2,17,23). The van der Waals surface area contributed by atoms with Crippen molar-refractivity contribution in [2.45, 2.75) is 16.2 Å². The average Bonchev–Trinajstić information content (AvgIpc) is 2.60. The Morgan fingerprint density at radius 1 is 0.840 bits per heavy atom. The number of rotatable bonds is 2. The predicted molar refractivity (Wildman–Crippen MR) is 92.9 cm³/mol. The first-order valence-corrected chi connectivity index (χ1v) is 8.30. The van der Waals surface area contributed by atoms with E-state index in [0.717, 1.165) is 21.1 Å². The first-order valence-electron chi connectivity index (χ1n) is 7.15. The van der Waals surface area contributed by atoms with E-state index in [4.69, 9.17) is 23.2 Å². The molecule has 25 heavy (non-hydrogen) atoms. The number of fused-ring (bicyclic) bond motifs is 2. The van der Waals surface area contributed by atoms with Crippen molar-refractivity contribution in [3.05, 3.63) is 47.5 Å². The molecule has 0 atom stereocenters. The first-order chi connectivity index (χ1) is 11.8. The van der Waals surface area contributed by atoms with E-state index in [1.165, 1.54) is 0 Å². The van der Waals surface area contributed by atoms with Gasteiger partial charge in [-0.25, -0.2) is 35.5 Å². The zero-order valence-corrected chi connectivity index (χ0v) is 13.8. The number of hydrogen-bond donors (Lipinski definition) is 4. The third-order valence-corrected chi connectivity index (χ3v) is 5.47. The van der Waals surface area contributed by atoms with Crippen molar-refractivity contribution in [3.8, 4) is 0 Å². The van der Waals surface area contributed by atoms with Crippen LogP contribution in [0.3, 0.4) is 0 Å². The summed E-state index contributed by atoms with van der Waals surface area (Å²) in [5.74, 6) is 11.2. The van der Waals surface area contributed by atoms with Gasteiger partial charge in [-0.05, 0) is 41.8 Å². The average molecular weight is 360 g/mol. The number of anilines is 2. The van der Waals surface area contributed by atoms with Gasteiger partial charge in [0.15, 0.2) is 0 Å². The molecule has 0 spiro atoms. The number of nitrogens with two attached hydrogens (primary N) is 4. The molecule has 9 nitrogen and oxygen atoms in total. The van der Waals surface area contributed by atoms with Crippen LogP contribution in [-0.2, 0) is 17.2 Å². The Kier molecular flexibility index (Phi) is 4.17. The Morgan fingerprint density at radius 2 is 1.24 bits per heavy atom. The second kappa shape index (κ2) is 6.16. The summed E-state index contributed by atoms with van der Waals surface area (Å²) in [5.41, 5.74) is 12.7. The molecule has 0 aromatic heterocycles. The van der Waals surface area contributed by atoms with Crippen molar-refractivity contribution in [2.24, 2.45) is 23.2 Å². The normalized spacial score (nSPS) is 12.9. The number of nitrogens with zero attached hydrogens (tertiary/aromatic N) is 2. The van der Waals surface area contributed by atoms with Gasteiger partial charge in [0.25, 0.3) is 0 Å². The monoisotopic (exact) mass is 360 g/mol. The van der Waals surface area contributed by atoms with Crippen LogP contribution in [0.2, 0.25) is 0 Å². The summed E-state index contributed by atoms with van der Waals surface area (Å²) in [6, 6.07) is 8.22. The molecule has 8 N–H and O–H groups in total. The Morgan fingerprint density at radius 3 is 1.60 bits per heavy atom. The van der Waals surface area contributed by atoms with Gasteiger partial charge in [-0.15, -0.1) is 0 Å². The highest BCUT2D eigenvalue weighted by Gasteiger charge is 2.25. The lowest BCUT2D eigenvalue weighted by atomic mass is 10.0. The van der Waals surface area contributed by atoms with Crippen LogP contribution in [0.4, 0.5) is 21.0 Å². The summed E-state index contributed by atoms with van der Waals surface area (Å²) in [7, 11) is -1.54. The van der Waals surface area contributed by atoms with E-state index in [-0.39, 0.29) is 0 Å². The summed E-state index contributed by atoms with van der Waals surface area (Å²) in [6.45, 7) is 0. The fourth-order valence-corrected chi connectivity index (χ4v) is 4.05. The molecule has 1 heterocycles. The topological polar surface area (TPSA) is 162 Å². The van der Waals surface area contributed by atoms with Gasteiger partial charge in [-0.1, -0.05) is 12.1 Å². The number of carbonyl (C=O) groups excluding carboxylic acids is 2. The Bertz CT molecular complexity index is 845. The molecule has 1 aliphatic heterocycles. The minimum Gasteiger partial charge on any atom is -0.350 e. The van der Waals surface area contributed by atoms with Gasteiger partial charge in [0, 0.05) is 9.79 Å². The van der Waals surface area contributed by atoms with E-state index >= 15 is 0 Å². The Hall–Kier alpha value is -2.95. The maximum atomic E-state index is 13.0. The van der Waals surface area contributed by atoms with Crippen LogP contribution in [0.25, 0.3) is 0 Å². The third-order valence-electron chi connectivity index (χ3n) is 3.91. The molecule has 0 bridgehead atoms. The first kappa shape index (κ1) is 16.9. The zero-order chi connectivity index (χ0) is 18.3. The van der Waals surface area contributed by atoms with Gasteiger partial charge >= 0.3 is 12.1 Å². The van der Waals surface area contributed by atoms with Crippen molar-refractivity contribution in [1.82, 2.24) is 0 Å². The quantitative estimate of drug-likeness (QED) is 0.292. The molecule has 1 aliphatic rings. The highest BCUT2D eigenvalue weighted by atomic mass is 32.2. The molecular weight excluding hydrogens is 344 g/mol. The minimum absolute atomic E-state index is 0.330. The van der Waals surface area contributed by atoms with Gasteiger partial charge in [0.2, 0.25) is 0 Å².